The van der Waals surface area contributed by atoms with Crippen LogP contribution in [-0.2, 0) is 0 Å². The van der Waals surface area contributed by atoms with E-state index in [1.807, 2.05) is 0 Å². The molecule has 1 aromatic heterocycles. The molecular weight excluding hydrogens is 989 g/mol. The molecule has 0 aliphatic heterocycles. The summed E-state index contributed by atoms with van der Waals surface area (Å²) in [6.07, 6.45) is 0. The third-order valence-electron chi connectivity index (χ3n) is 16.5. The zero-order valence-electron chi connectivity index (χ0n) is 45.1. The van der Waals surface area contributed by atoms with Crippen LogP contribution < -0.4 is 4.90 Å². The van der Waals surface area contributed by atoms with Crippen molar-refractivity contribution < 1.29 is 0 Å². The highest BCUT2D eigenvalue weighted by atomic mass is 15.1. The lowest BCUT2D eigenvalue weighted by Gasteiger charge is -2.26. The van der Waals surface area contributed by atoms with Gasteiger partial charge in [0.15, 0.2) is 0 Å². The molecule has 1 heterocycles. The molecule has 0 bridgehead atoms. The highest BCUT2D eigenvalue weighted by Crippen LogP contribution is 2.43. The van der Waals surface area contributed by atoms with Gasteiger partial charge in [-0.2, -0.15) is 0 Å². The van der Waals surface area contributed by atoms with Crippen LogP contribution in [0.15, 0.2) is 328 Å². The zero-order valence-corrected chi connectivity index (χ0v) is 45.1. The molecule has 15 rings (SSSR count). The van der Waals surface area contributed by atoms with Crippen LogP contribution in [0.2, 0.25) is 0 Å². The second-order valence-corrected chi connectivity index (χ2v) is 21.2. The van der Waals surface area contributed by atoms with E-state index in [-0.39, 0.29) is 0 Å². The molecule has 15 aromatic rings. The van der Waals surface area contributed by atoms with E-state index in [0.29, 0.717) is 0 Å². The summed E-state index contributed by atoms with van der Waals surface area (Å²) < 4.78 is 2.45. The Bertz CT molecular complexity index is 4600. The summed E-state index contributed by atoms with van der Waals surface area (Å²) in [6.45, 7) is 0. The van der Waals surface area contributed by atoms with Crippen molar-refractivity contribution in [3.05, 3.63) is 328 Å². The van der Waals surface area contributed by atoms with E-state index in [2.05, 4.69) is 337 Å². The van der Waals surface area contributed by atoms with Crippen LogP contribution in [0.3, 0.4) is 0 Å². The van der Waals surface area contributed by atoms with Crippen LogP contribution in [0.4, 0.5) is 17.1 Å². The summed E-state index contributed by atoms with van der Waals surface area (Å²) in [4.78, 5) is 2.32. The fraction of sp³-hybridized carbons (Fsp3) is 0. The predicted octanol–water partition coefficient (Wildman–Crippen LogP) is 22.2. The van der Waals surface area contributed by atoms with Crippen LogP contribution in [-0.4, -0.2) is 4.57 Å². The van der Waals surface area contributed by atoms with Crippen molar-refractivity contribution in [2.24, 2.45) is 0 Å². The molecule has 2 heteroatoms. The third-order valence-corrected chi connectivity index (χ3v) is 16.5. The van der Waals surface area contributed by atoms with Crippen molar-refractivity contribution in [1.82, 2.24) is 4.57 Å². The minimum absolute atomic E-state index is 1.10. The van der Waals surface area contributed by atoms with Gasteiger partial charge in [0, 0.05) is 33.5 Å². The monoisotopic (exact) mass is 1040 g/mol. The van der Waals surface area contributed by atoms with Crippen molar-refractivity contribution in [2.45, 2.75) is 0 Å². The quantitative estimate of drug-likeness (QED) is 0.125. The van der Waals surface area contributed by atoms with Gasteiger partial charge in [0.05, 0.1) is 11.0 Å². The summed E-state index contributed by atoms with van der Waals surface area (Å²) in [5.41, 5.74) is 23.6. The normalized spacial score (nSPS) is 11.4. The Balaban J connectivity index is 0.776. The number of fused-ring (bicyclic) bond motifs is 5. The summed E-state index contributed by atoms with van der Waals surface area (Å²) in [5.74, 6) is 0. The number of hydrogen-bond acceptors (Lipinski definition) is 1. The molecule has 14 aromatic carbocycles. The molecule has 2 nitrogen and oxygen atoms in total. The number of hydrogen-bond donors (Lipinski definition) is 0. The Morgan fingerprint density at radius 1 is 0.183 bits per heavy atom. The number of nitrogens with zero attached hydrogens (tertiary/aromatic N) is 2. The molecule has 0 atom stereocenters. The molecule has 0 aliphatic carbocycles. The van der Waals surface area contributed by atoms with Crippen LogP contribution in [0, 0.1) is 0 Å². The molecule has 0 saturated carbocycles. The second-order valence-electron chi connectivity index (χ2n) is 21.2. The first-order valence-electron chi connectivity index (χ1n) is 28.2. The first-order chi connectivity index (χ1) is 40.7. The average molecular weight is 1040 g/mol. The van der Waals surface area contributed by atoms with Gasteiger partial charge in [-0.1, -0.05) is 255 Å². The number of benzene rings is 14. The third kappa shape index (κ3) is 8.80. The van der Waals surface area contributed by atoms with Crippen LogP contribution in [0.5, 0.6) is 0 Å². The van der Waals surface area contributed by atoms with E-state index < -0.39 is 0 Å². The van der Waals surface area contributed by atoms with Gasteiger partial charge in [0.1, 0.15) is 0 Å². The zero-order chi connectivity index (χ0) is 54.3. The van der Waals surface area contributed by atoms with E-state index in [1.165, 1.54) is 121 Å². The topological polar surface area (TPSA) is 8.17 Å². The van der Waals surface area contributed by atoms with E-state index in [0.717, 1.165) is 22.7 Å². The summed E-state index contributed by atoms with van der Waals surface area (Å²) in [6, 6.07) is 120. The lowest BCUT2D eigenvalue weighted by atomic mass is 9.91. The van der Waals surface area contributed by atoms with Gasteiger partial charge in [-0.05, 0) is 172 Å². The summed E-state index contributed by atoms with van der Waals surface area (Å²) >= 11 is 0. The van der Waals surface area contributed by atoms with Crippen molar-refractivity contribution in [3.8, 4) is 83.6 Å². The Morgan fingerprint density at radius 2 is 0.451 bits per heavy atom. The largest absolute Gasteiger partial charge is 0.311 e. The Morgan fingerprint density at radius 3 is 0.829 bits per heavy atom. The van der Waals surface area contributed by atoms with Gasteiger partial charge in [-0.15, -0.1) is 0 Å². The Kier molecular flexibility index (Phi) is 12.2. The number of anilines is 3. The molecule has 82 heavy (non-hydrogen) atoms. The number of rotatable bonds is 11. The Labute approximate surface area is 478 Å². The van der Waals surface area contributed by atoms with Crippen LogP contribution in [0.25, 0.3) is 127 Å². The van der Waals surface area contributed by atoms with Crippen molar-refractivity contribution >= 4 is 60.4 Å². The minimum atomic E-state index is 1.10. The van der Waals surface area contributed by atoms with Gasteiger partial charge in [-0.25, -0.2) is 0 Å². The molecule has 384 valence electrons. The average Bonchev–Trinajstić information content (AvgIpc) is 3.50. The number of aromatic nitrogens is 1. The second kappa shape index (κ2) is 20.8. The molecule has 0 fully saturated rings. The van der Waals surface area contributed by atoms with Gasteiger partial charge in [0.25, 0.3) is 0 Å². The van der Waals surface area contributed by atoms with Crippen molar-refractivity contribution in [1.29, 1.82) is 0 Å². The van der Waals surface area contributed by atoms with E-state index >= 15 is 0 Å². The van der Waals surface area contributed by atoms with E-state index in [1.54, 1.807) is 0 Å². The standard InChI is InChI=1S/C80H54N2/c1-5-17-55(18-6-1)58-33-41-66(42-34-58)81(65-23-11-4-12-24-65)67-43-35-59(36-44-67)56-29-31-57(32-30-56)60-37-45-68(46-38-60)82-79-51-39-63(71-49-47-69(61-19-7-2-8-20-61)73-25-13-15-27-75(71)73)53-77(79)78-54-64(40-52-80(78)82)72-50-48-70(62-21-9-3-10-22-62)74-26-14-16-28-76(72)74/h1-54H. The predicted molar refractivity (Wildman–Crippen MR) is 349 cm³/mol. The molecule has 0 saturated heterocycles. The van der Waals surface area contributed by atoms with Gasteiger partial charge >= 0.3 is 0 Å². The fourth-order valence-corrected chi connectivity index (χ4v) is 12.4. The first kappa shape index (κ1) is 48.3. The number of para-hydroxylation sites is 1. The lowest BCUT2D eigenvalue weighted by molar-refractivity contribution is 1.18. The first-order valence-corrected chi connectivity index (χ1v) is 28.2. The fourth-order valence-electron chi connectivity index (χ4n) is 12.4. The van der Waals surface area contributed by atoms with E-state index in [4.69, 9.17) is 0 Å². The molecule has 0 N–H and O–H groups in total. The molecular formula is C80H54N2. The van der Waals surface area contributed by atoms with E-state index in [9.17, 15) is 0 Å². The highest BCUT2D eigenvalue weighted by molar-refractivity contribution is 6.14. The summed E-state index contributed by atoms with van der Waals surface area (Å²) in [5, 5.41) is 7.41. The van der Waals surface area contributed by atoms with Gasteiger partial charge in [0.2, 0.25) is 0 Å². The minimum Gasteiger partial charge on any atom is -0.311 e. The molecule has 0 radical (unpaired) electrons. The molecule has 0 aliphatic rings. The van der Waals surface area contributed by atoms with Gasteiger partial charge < -0.3 is 9.47 Å². The SMILES string of the molecule is c1ccc(-c2ccc(N(c3ccccc3)c3ccc(-c4ccc(-c5ccc(-n6c7ccc(-c8ccc(-c9ccccc9)c9ccccc89)cc7c7cc(-c8ccc(-c9ccccc9)c9ccccc89)ccc76)cc5)cc4)cc3)cc2)cc1. The smallest absolute Gasteiger partial charge is 0.0541 e. The highest BCUT2D eigenvalue weighted by Gasteiger charge is 2.19. The van der Waals surface area contributed by atoms with Crippen molar-refractivity contribution in [2.75, 3.05) is 4.90 Å². The van der Waals surface area contributed by atoms with Crippen LogP contribution >= 0.6 is 0 Å². The Hall–Kier alpha value is -10.8. The lowest BCUT2D eigenvalue weighted by Crippen LogP contribution is -2.09. The molecule has 0 amide bonds. The maximum atomic E-state index is 2.45. The maximum absolute atomic E-state index is 2.45. The summed E-state index contributed by atoms with van der Waals surface area (Å²) in [7, 11) is 0. The van der Waals surface area contributed by atoms with Crippen molar-refractivity contribution in [3.63, 3.8) is 0 Å². The molecule has 0 unspecified atom stereocenters. The maximum Gasteiger partial charge on any atom is 0.0541 e. The molecule has 0 spiro atoms. The van der Waals surface area contributed by atoms with Crippen LogP contribution in [0.1, 0.15) is 0 Å². The van der Waals surface area contributed by atoms with Gasteiger partial charge in [-0.3, -0.25) is 0 Å².